The van der Waals surface area contributed by atoms with Gasteiger partial charge in [-0.15, -0.1) is 0 Å². The summed E-state index contributed by atoms with van der Waals surface area (Å²) < 4.78 is 0. The van der Waals surface area contributed by atoms with Gasteiger partial charge in [0.05, 0.1) is 10.6 Å². The topological polar surface area (TPSA) is 23.8 Å². The first-order valence-electron chi connectivity index (χ1n) is 5.01. The lowest BCUT2D eigenvalue weighted by molar-refractivity contribution is 1.42. The van der Waals surface area contributed by atoms with Crippen molar-refractivity contribution in [1.29, 1.82) is 5.26 Å². The van der Waals surface area contributed by atoms with Gasteiger partial charge in [0.15, 0.2) is 0 Å². The molecule has 0 N–H and O–H groups in total. The lowest BCUT2D eigenvalue weighted by Gasteiger charge is -1.98. The number of rotatable bonds is 0. The summed E-state index contributed by atoms with van der Waals surface area (Å²) in [5.41, 5.74) is 1.33. The van der Waals surface area contributed by atoms with Crippen LogP contribution in [-0.4, -0.2) is 0 Å². The molecule has 0 saturated carbocycles. The molecular weight excluding hydrogens is 229 g/mol. The van der Waals surface area contributed by atoms with Gasteiger partial charge in [-0.05, 0) is 24.6 Å². The maximum Gasteiger partial charge on any atom is 0.101 e. The number of halogens is 2. The van der Waals surface area contributed by atoms with E-state index in [1.807, 2.05) is 40.7 Å². The summed E-state index contributed by atoms with van der Waals surface area (Å²) in [7, 11) is 0. The molecule has 0 spiro atoms. The third-order valence-electron chi connectivity index (χ3n) is 1.37. The van der Waals surface area contributed by atoms with Gasteiger partial charge in [-0.3, -0.25) is 0 Å². The van der Waals surface area contributed by atoms with Crippen LogP contribution in [0.25, 0.3) is 0 Å². The van der Waals surface area contributed by atoms with Crippen LogP contribution in [0.4, 0.5) is 0 Å². The molecule has 0 saturated heterocycles. The van der Waals surface area contributed by atoms with Gasteiger partial charge in [-0.2, -0.15) is 5.26 Å². The highest BCUT2D eigenvalue weighted by atomic mass is 35.5. The van der Waals surface area contributed by atoms with Crippen molar-refractivity contribution in [3.05, 3.63) is 33.3 Å². The molecule has 0 heterocycles. The molecule has 1 rings (SSSR count). The molecule has 0 aromatic heterocycles. The standard InChI is InChI=1S/C8H5Cl2N.2C2H6/c1-5-2-6(4-11)8(10)3-7(5)9;2*1-2/h2-3H,1H3;2*1-2H3. The van der Waals surface area contributed by atoms with E-state index in [9.17, 15) is 0 Å². The fraction of sp³-hybridized carbons (Fsp3) is 0.417. The van der Waals surface area contributed by atoms with Gasteiger partial charge in [-0.1, -0.05) is 50.9 Å². The van der Waals surface area contributed by atoms with Crippen molar-refractivity contribution in [3.63, 3.8) is 0 Å². The molecule has 0 amide bonds. The molecule has 0 bridgehead atoms. The zero-order chi connectivity index (χ0) is 12.4. The molecular formula is C12H17Cl2N. The highest BCUT2D eigenvalue weighted by molar-refractivity contribution is 6.35. The van der Waals surface area contributed by atoms with Crippen LogP contribution in [0.2, 0.25) is 10.0 Å². The lowest BCUT2D eigenvalue weighted by atomic mass is 10.1. The van der Waals surface area contributed by atoms with Crippen molar-refractivity contribution in [2.45, 2.75) is 34.6 Å². The van der Waals surface area contributed by atoms with Gasteiger partial charge in [-0.25, -0.2) is 0 Å². The van der Waals surface area contributed by atoms with Gasteiger partial charge >= 0.3 is 0 Å². The molecule has 3 heteroatoms. The Labute approximate surface area is 103 Å². The van der Waals surface area contributed by atoms with E-state index in [0.717, 1.165) is 5.56 Å². The first-order chi connectivity index (χ1) is 7.15. The number of hydrogen-bond donors (Lipinski definition) is 0. The Morgan fingerprint density at radius 3 is 1.87 bits per heavy atom. The third kappa shape index (κ3) is 5.67. The first-order valence-corrected chi connectivity index (χ1v) is 5.76. The smallest absolute Gasteiger partial charge is 0.101 e. The van der Waals surface area contributed by atoms with Crippen molar-refractivity contribution in [2.75, 3.05) is 0 Å². The van der Waals surface area contributed by atoms with Crippen molar-refractivity contribution >= 4 is 23.2 Å². The second-order valence-corrected chi connectivity index (χ2v) is 3.01. The van der Waals surface area contributed by atoms with Crippen LogP contribution in [-0.2, 0) is 0 Å². The summed E-state index contributed by atoms with van der Waals surface area (Å²) in [4.78, 5) is 0. The Morgan fingerprint density at radius 2 is 1.47 bits per heavy atom. The minimum absolute atomic E-state index is 0.406. The van der Waals surface area contributed by atoms with E-state index in [2.05, 4.69) is 0 Å². The fourth-order valence-corrected chi connectivity index (χ4v) is 1.17. The van der Waals surface area contributed by atoms with Crippen molar-refractivity contribution in [3.8, 4) is 6.07 Å². The van der Waals surface area contributed by atoms with E-state index in [4.69, 9.17) is 28.5 Å². The Bertz CT molecular complexity index is 327. The normalized spacial score (nSPS) is 7.60. The number of nitriles is 1. The van der Waals surface area contributed by atoms with Crippen molar-refractivity contribution < 1.29 is 0 Å². The fourth-order valence-electron chi connectivity index (χ4n) is 0.743. The SMILES string of the molecule is CC.CC.Cc1cc(C#N)c(Cl)cc1Cl. The van der Waals surface area contributed by atoms with Gasteiger partial charge in [0.25, 0.3) is 0 Å². The van der Waals surface area contributed by atoms with Gasteiger partial charge < -0.3 is 0 Å². The molecule has 0 radical (unpaired) electrons. The first kappa shape index (κ1) is 16.7. The Hall–Kier alpha value is -0.710. The highest BCUT2D eigenvalue weighted by Crippen LogP contribution is 2.23. The average molecular weight is 246 g/mol. The molecule has 0 aliphatic rings. The van der Waals surface area contributed by atoms with Crippen LogP contribution in [0.1, 0.15) is 38.8 Å². The monoisotopic (exact) mass is 245 g/mol. The molecule has 0 unspecified atom stereocenters. The summed E-state index contributed by atoms with van der Waals surface area (Å²) in [6, 6.07) is 5.22. The molecule has 1 aromatic rings. The quantitative estimate of drug-likeness (QED) is 0.615. The third-order valence-corrected chi connectivity index (χ3v) is 2.09. The van der Waals surface area contributed by atoms with Crippen LogP contribution in [0.3, 0.4) is 0 Å². The molecule has 0 aliphatic carbocycles. The maximum absolute atomic E-state index is 8.56. The Balaban J connectivity index is 0. The zero-order valence-electron chi connectivity index (χ0n) is 9.86. The largest absolute Gasteiger partial charge is 0.192 e. The number of aryl methyl sites for hydroxylation is 1. The van der Waals surface area contributed by atoms with Crippen LogP contribution in [0.5, 0.6) is 0 Å². The van der Waals surface area contributed by atoms with Crippen LogP contribution in [0.15, 0.2) is 12.1 Å². The van der Waals surface area contributed by atoms with Crippen LogP contribution >= 0.6 is 23.2 Å². The van der Waals surface area contributed by atoms with E-state index in [-0.39, 0.29) is 0 Å². The highest BCUT2D eigenvalue weighted by Gasteiger charge is 2.02. The van der Waals surface area contributed by atoms with Gasteiger partial charge in [0.1, 0.15) is 6.07 Å². The molecule has 84 valence electrons. The van der Waals surface area contributed by atoms with E-state index in [1.54, 1.807) is 12.1 Å². The second kappa shape index (κ2) is 9.83. The summed E-state index contributed by atoms with van der Waals surface area (Å²) in [5.74, 6) is 0. The Morgan fingerprint density at radius 1 is 1.00 bits per heavy atom. The predicted octanol–water partition coefficient (Wildman–Crippen LogP) is 5.23. The summed E-state index contributed by atoms with van der Waals surface area (Å²) in [6.45, 7) is 9.83. The van der Waals surface area contributed by atoms with Crippen LogP contribution in [0, 0.1) is 18.3 Å². The Kier molecular flexibility index (Phi) is 11.0. The number of hydrogen-bond acceptors (Lipinski definition) is 1. The molecule has 0 aliphatic heterocycles. The minimum Gasteiger partial charge on any atom is -0.192 e. The second-order valence-electron chi connectivity index (χ2n) is 2.19. The molecule has 0 atom stereocenters. The maximum atomic E-state index is 8.56. The van der Waals surface area contributed by atoms with E-state index in [1.165, 1.54) is 0 Å². The van der Waals surface area contributed by atoms with Crippen molar-refractivity contribution in [1.82, 2.24) is 0 Å². The van der Waals surface area contributed by atoms with E-state index < -0.39 is 0 Å². The number of benzene rings is 1. The molecule has 1 nitrogen and oxygen atoms in total. The lowest BCUT2D eigenvalue weighted by Crippen LogP contribution is -1.80. The van der Waals surface area contributed by atoms with Crippen LogP contribution < -0.4 is 0 Å². The van der Waals surface area contributed by atoms with Gasteiger partial charge in [0, 0.05) is 5.02 Å². The molecule has 15 heavy (non-hydrogen) atoms. The van der Waals surface area contributed by atoms with E-state index >= 15 is 0 Å². The average Bonchev–Trinajstić information content (AvgIpc) is 2.29. The number of nitrogens with zero attached hydrogens (tertiary/aromatic N) is 1. The minimum atomic E-state index is 0.406. The summed E-state index contributed by atoms with van der Waals surface area (Å²) in [6.07, 6.45) is 0. The van der Waals surface area contributed by atoms with Crippen molar-refractivity contribution in [2.24, 2.45) is 0 Å². The zero-order valence-corrected chi connectivity index (χ0v) is 11.4. The van der Waals surface area contributed by atoms with Gasteiger partial charge in [0.2, 0.25) is 0 Å². The summed E-state index contributed by atoms with van der Waals surface area (Å²) >= 11 is 11.4. The molecule has 0 fully saturated rings. The van der Waals surface area contributed by atoms with E-state index in [0.29, 0.717) is 15.6 Å². The summed E-state index contributed by atoms with van der Waals surface area (Å²) in [5, 5.41) is 9.55. The molecule has 1 aromatic carbocycles. The predicted molar refractivity (Wildman–Crippen MR) is 68.6 cm³/mol.